The van der Waals surface area contributed by atoms with Gasteiger partial charge >= 0.3 is 0 Å². The van der Waals surface area contributed by atoms with Crippen LogP contribution < -0.4 is 0 Å². The summed E-state index contributed by atoms with van der Waals surface area (Å²) in [7, 11) is 0. The number of hydrogen-bond donors (Lipinski definition) is 0. The van der Waals surface area contributed by atoms with Gasteiger partial charge in [-0.05, 0) is 17.7 Å². The second kappa shape index (κ2) is 6.23. The Balaban J connectivity index is 2.51. The number of aliphatic imine (C=N–C) groups is 1. The highest BCUT2D eigenvalue weighted by Crippen LogP contribution is 2.25. The molecule has 2 rings (SSSR count). The zero-order chi connectivity index (χ0) is 15.2. The van der Waals surface area contributed by atoms with Crippen molar-refractivity contribution in [2.75, 3.05) is 0 Å². The monoisotopic (exact) mass is 284 g/mol. The van der Waals surface area contributed by atoms with E-state index in [2.05, 4.69) is 20.0 Å². The Morgan fingerprint density at radius 2 is 2.05 bits per heavy atom. The lowest BCUT2D eigenvalue weighted by atomic mass is 10.2. The molecule has 0 unspecified atom stereocenters. The molecule has 0 aliphatic rings. The van der Waals surface area contributed by atoms with Crippen LogP contribution in [0.1, 0.15) is 11.1 Å². The van der Waals surface area contributed by atoms with Crippen LogP contribution in [-0.2, 0) is 0 Å². The summed E-state index contributed by atoms with van der Waals surface area (Å²) in [6, 6.07) is 5.72. The van der Waals surface area contributed by atoms with Gasteiger partial charge in [0.1, 0.15) is 17.6 Å². The Labute approximate surface area is 117 Å². The van der Waals surface area contributed by atoms with Gasteiger partial charge in [0.2, 0.25) is 0 Å². The Bertz CT molecular complexity index is 803. The summed E-state index contributed by atoms with van der Waals surface area (Å²) in [5, 5.41) is 12.1. The molecule has 21 heavy (non-hydrogen) atoms. The van der Waals surface area contributed by atoms with Crippen LogP contribution in [0.3, 0.4) is 0 Å². The smallest absolute Gasteiger partial charge is 0.151 e. The van der Waals surface area contributed by atoms with E-state index in [1.807, 2.05) is 0 Å². The third-order valence-electron chi connectivity index (χ3n) is 2.49. The minimum Gasteiger partial charge on any atom is -0.261 e. The van der Waals surface area contributed by atoms with Crippen molar-refractivity contribution in [2.24, 2.45) is 10.1 Å². The molecule has 0 spiro atoms. The Hall–Kier alpha value is -3.30. The number of aromatic nitrogens is 1. The van der Waals surface area contributed by atoms with Crippen molar-refractivity contribution >= 4 is 17.6 Å². The van der Waals surface area contributed by atoms with E-state index in [-0.39, 0.29) is 22.5 Å². The summed E-state index contributed by atoms with van der Waals surface area (Å²) in [6.07, 6.45) is 3.17. The van der Waals surface area contributed by atoms with Crippen LogP contribution in [0.25, 0.3) is 10.4 Å². The molecular weight excluding hydrogens is 278 g/mol. The van der Waals surface area contributed by atoms with E-state index in [0.29, 0.717) is 0 Å². The number of hydrogen-bond acceptors (Lipinski definition) is 4. The number of azide groups is 1. The molecule has 0 saturated carbocycles. The number of halogens is 2. The first-order chi connectivity index (χ1) is 10.2. The average molecular weight is 284 g/mol. The fourth-order valence-corrected chi connectivity index (χ4v) is 1.56. The second-order valence-corrected chi connectivity index (χ2v) is 3.75. The van der Waals surface area contributed by atoms with E-state index in [4.69, 9.17) is 10.8 Å². The number of para-hydroxylation sites is 1. The standard InChI is InChI=1S/C13H6F2N6/c14-10-3-1-2-8(4-16)12(10)19-6-9-5-18-7-11(15)13(9)20-21-17/h1-3,5-7H. The predicted molar refractivity (Wildman–Crippen MR) is 71.4 cm³/mol. The summed E-state index contributed by atoms with van der Waals surface area (Å²) >= 11 is 0. The van der Waals surface area contributed by atoms with Crippen LogP contribution in [0.15, 0.2) is 40.7 Å². The van der Waals surface area contributed by atoms with Crippen LogP contribution in [0.5, 0.6) is 0 Å². The third-order valence-corrected chi connectivity index (χ3v) is 2.49. The van der Waals surface area contributed by atoms with Crippen molar-refractivity contribution < 1.29 is 8.78 Å². The van der Waals surface area contributed by atoms with Crippen LogP contribution in [0.4, 0.5) is 20.2 Å². The molecule has 1 aromatic carbocycles. The van der Waals surface area contributed by atoms with E-state index in [1.165, 1.54) is 18.3 Å². The summed E-state index contributed by atoms with van der Waals surface area (Å²) in [5.41, 5.74) is 8.02. The maximum absolute atomic E-state index is 13.6. The van der Waals surface area contributed by atoms with Gasteiger partial charge in [-0.3, -0.25) is 9.98 Å². The van der Waals surface area contributed by atoms with Crippen molar-refractivity contribution in [1.29, 1.82) is 5.26 Å². The fourth-order valence-electron chi connectivity index (χ4n) is 1.56. The molecule has 0 fully saturated rings. The highest BCUT2D eigenvalue weighted by molar-refractivity contribution is 5.88. The summed E-state index contributed by atoms with van der Waals surface area (Å²) in [4.78, 5) is 9.92. The molecule has 8 heteroatoms. The number of nitrogens with zero attached hydrogens (tertiary/aromatic N) is 6. The molecule has 0 bridgehead atoms. The molecule has 0 atom stereocenters. The first-order valence-electron chi connectivity index (χ1n) is 5.58. The summed E-state index contributed by atoms with van der Waals surface area (Å²) in [6.45, 7) is 0. The first kappa shape index (κ1) is 14.1. The van der Waals surface area contributed by atoms with E-state index in [0.717, 1.165) is 18.5 Å². The molecule has 0 saturated heterocycles. The number of nitriles is 1. The SMILES string of the molecule is N#Cc1cccc(F)c1N=Cc1cncc(F)c1N=[N+]=[N-]. The zero-order valence-corrected chi connectivity index (χ0v) is 10.4. The quantitative estimate of drug-likeness (QED) is 0.369. The Morgan fingerprint density at radius 1 is 1.24 bits per heavy atom. The highest BCUT2D eigenvalue weighted by atomic mass is 19.1. The highest BCUT2D eigenvalue weighted by Gasteiger charge is 2.08. The topological polar surface area (TPSA) is 97.8 Å². The Kier molecular flexibility index (Phi) is 4.19. The molecule has 0 aliphatic heterocycles. The number of pyridine rings is 1. The molecule has 1 aromatic heterocycles. The van der Waals surface area contributed by atoms with Gasteiger partial charge in [0.15, 0.2) is 5.82 Å². The van der Waals surface area contributed by atoms with Gasteiger partial charge in [0.05, 0.1) is 17.4 Å². The van der Waals surface area contributed by atoms with E-state index >= 15 is 0 Å². The second-order valence-electron chi connectivity index (χ2n) is 3.75. The van der Waals surface area contributed by atoms with Crippen molar-refractivity contribution in [2.45, 2.75) is 0 Å². The normalized spacial score (nSPS) is 10.1. The van der Waals surface area contributed by atoms with Crippen LogP contribution in [0.2, 0.25) is 0 Å². The van der Waals surface area contributed by atoms with Crippen LogP contribution in [0, 0.1) is 23.0 Å². The number of rotatable bonds is 3. The van der Waals surface area contributed by atoms with Gasteiger partial charge in [0, 0.05) is 22.9 Å². The van der Waals surface area contributed by atoms with Crippen molar-refractivity contribution in [3.05, 3.63) is 63.8 Å². The van der Waals surface area contributed by atoms with Gasteiger partial charge < -0.3 is 0 Å². The van der Waals surface area contributed by atoms with Gasteiger partial charge in [-0.15, -0.1) is 0 Å². The maximum Gasteiger partial charge on any atom is 0.151 e. The van der Waals surface area contributed by atoms with Gasteiger partial charge in [-0.25, -0.2) is 8.78 Å². The largest absolute Gasteiger partial charge is 0.261 e. The zero-order valence-electron chi connectivity index (χ0n) is 10.4. The molecular formula is C13H6F2N6. The van der Waals surface area contributed by atoms with Crippen molar-refractivity contribution in [3.63, 3.8) is 0 Å². The fraction of sp³-hybridized carbons (Fsp3) is 0. The van der Waals surface area contributed by atoms with Crippen LogP contribution >= 0.6 is 0 Å². The molecule has 1 heterocycles. The van der Waals surface area contributed by atoms with E-state index in [1.54, 1.807) is 6.07 Å². The summed E-state index contributed by atoms with van der Waals surface area (Å²) < 4.78 is 27.1. The molecule has 0 radical (unpaired) electrons. The lowest BCUT2D eigenvalue weighted by Crippen LogP contribution is -1.89. The molecule has 0 aliphatic carbocycles. The van der Waals surface area contributed by atoms with Crippen molar-refractivity contribution in [3.8, 4) is 6.07 Å². The van der Waals surface area contributed by atoms with E-state index < -0.39 is 11.6 Å². The lowest BCUT2D eigenvalue weighted by molar-refractivity contribution is 0.623. The maximum atomic E-state index is 13.6. The van der Waals surface area contributed by atoms with E-state index in [9.17, 15) is 8.78 Å². The third kappa shape index (κ3) is 3.00. The lowest BCUT2D eigenvalue weighted by Gasteiger charge is -2.01. The molecule has 102 valence electrons. The molecule has 2 aromatic rings. The molecule has 6 nitrogen and oxygen atoms in total. The number of benzene rings is 1. The molecule has 0 amide bonds. The van der Waals surface area contributed by atoms with Crippen LogP contribution in [-0.4, -0.2) is 11.2 Å². The average Bonchev–Trinajstić information content (AvgIpc) is 2.48. The van der Waals surface area contributed by atoms with Gasteiger partial charge in [-0.2, -0.15) is 5.26 Å². The minimum absolute atomic E-state index is 0.0287. The van der Waals surface area contributed by atoms with Gasteiger partial charge in [-0.1, -0.05) is 11.2 Å². The van der Waals surface area contributed by atoms with Crippen molar-refractivity contribution in [1.82, 2.24) is 4.98 Å². The first-order valence-corrected chi connectivity index (χ1v) is 5.58. The predicted octanol–water partition coefficient (Wildman–Crippen LogP) is 3.92. The molecule has 0 N–H and O–H groups in total. The Morgan fingerprint density at radius 3 is 2.76 bits per heavy atom. The van der Waals surface area contributed by atoms with Gasteiger partial charge in [0.25, 0.3) is 0 Å². The summed E-state index contributed by atoms with van der Waals surface area (Å²) in [5.74, 6) is -1.52. The minimum atomic E-state index is -0.828.